The third-order valence-corrected chi connectivity index (χ3v) is 3.57. The van der Waals surface area contributed by atoms with Crippen molar-refractivity contribution in [2.24, 2.45) is 7.05 Å². The Morgan fingerprint density at radius 2 is 2.00 bits per heavy atom. The largest absolute Gasteiger partial charge is 0.394 e. The van der Waals surface area contributed by atoms with E-state index in [0.29, 0.717) is 0 Å². The number of halogens is 1. The number of nitrogens with one attached hydrogen (secondary N) is 1. The summed E-state index contributed by atoms with van der Waals surface area (Å²) in [6.45, 7) is -0.518. The molecule has 9 heteroatoms. The molecule has 1 aliphatic heterocycles. The van der Waals surface area contributed by atoms with Crippen molar-refractivity contribution in [3.8, 4) is 0 Å². The zero-order valence-corrected chi connectivity index (χ0v) is 10.7. The van der Waals surface area contributed by atoms with Gasteiger partial charge >= 0.3 is 5.69 Å². The van der Waals surface area contributed by atoms with Gasteiger partial charge in [0.1, 0.15) is 29.6 Å². The van der Waals surface area contributed by atoms with Gasteiger partial charge in [-0.1, -0.05) is 11.6 Å². The molecule has 0 spiro atoms. The highest BCUT2D eigenvalue weighted by Gasteiger charge is 2.45. The highest BCUT2D eigenvalue weighted by Crippen LogP contribution is 2.34. The molecular formula is C10H13ClN2O6. The van der Waals surface area contributed by atoms with Crippen molar-refractivity contribution in [1.82, 2.24) is 9.55 Å². The van der Waals surface area contributed by atoms with Gasteiger partial charge in [-0.25, -0.2) is 4.79 Å². The van der Waals surface area contributed by atoms with Gasteiger partial charge in [0.05, 0.1) is 12.2 Å². The van der Waals surface area contributed by atoms with Crippen molar-refractivity contribution in [3.05, 3.63) is 31.6 Å². The van der Waals surface area contributed by atoms with Crippen LogP contribution in [0.15, 0.2) is 9.59 Å². The van der Waals surface area contributed by atoms with E-state index in [-0.39, 0.29) is 10.7 Å². The molecule has 19 heavy (non-hydrogen) atoms. The van der Waals surface area contributed by atoms with Crippen molar-refractivity contribution in [1.29, 1.82) is 0 Å². The summed E-state index contributed by atoms with van der Waals surface area (Å²) in [5, 5.41) is 28.3. The molecular weight excluding hydrogens is 280 g/mol. The summed E-state index contributed by atoms with van der Waals surface area (Å²) >= 11 is 5.90. The van der Waals surface area contributed by atoms with Crippen molar-refractivity contribution in [2.75, 3.05) is 6.61 Å². The van der Waals surface area contributed by atoms with Gasteiger partial charge in [-0.15, -0.1) is 0 Å². The summed E-state index contributed by atoms with van der Waals surface area (Å²) in [5.41, 5.74) is -1.67. The predicted molar refractivity (Wildman–Crippen MR) is 64.0 cm³/mol. The van der Waals surface area contributed by atoms with Crippen LogP contribution in [-0.2, 0) is 11.8 Å². The zero-order valence-electron chi connectivity index (χ0n) is 9.91. The Morgan fingerprint density at radius 3 is 2.53 bits per heavy atom. The van der Waals surface area contributed by atoms with Crippen LogP contribution in [0.1, 0.15) is 11.7 Å². The lowest BCUT2D eigenvalue weighted by molar-refractivity contribution is -0.0233. The summed E-state index contributed by atoms with van der Waals surface area (Å²) in [4.78, 5) is 25.1. The van der Waals surface area contributed by atoms with E-state index in [1.165, 1.54) is 7.05 Å². The SMILES string of the molecule is Cn1c(Cl)c([C@@H]2O[C@H](CO)C(O)[C@@H]2O)c(=O)[nH]c1=O. The van der Waals surface area contributed by atoms with Gasteiger partial charge in [-0.2, -0.15) is 0 Å². The lowest BCUT2D eigenvalue weighted by Crippen LogP contribution is -2.36. The fraction of sp³-hybridized carbons (Fsp3) is 0.600. The van der Waals surface area contributed by atoms with E-state index in [1.807, 2.05) is 4.98 Å². The van der Waals surface area contributed by atoms with E-state index in [4.69, 9.17) is 21.4 Å². The third-order valence-electron chi connectivity index (χ3n) is 3.11. The monoisotopic (exact) mass is 292 g/mol. The first-order chi connectivity index (χ1) is 8.88. The van der Waals surface area contributed by atoms with E-state index >= 15 is 0 Å². The quantitative estimate of drug-likeness (QED) is 0.462. The number of ether oxygens (including phenoxy) is 1. The molecule has 8 nitrogen and oxygen atoms in total. The lowest BCUT2D eigenvalue weighted by atomic mass is 10.0. The fourth-order valence-electron chi connectivity index (χ4n) is 2.00. The van der Waals surface area contributed by atoms with Crippen LogP contribution in [-0.4, -0.2) is 49.8 Å². The highest BCUT2D eigenvalue weighted by atomic mass is 35.5. The van der Waals surface area contributed by atoms with Gasteiger partial charge in [-0.05, 0) is 0 Å². The molecule has 106 valence electrons. The molecule has 0 amide bonds. The van der Waals surface area contributed by atoms with Crippen LogP contribution >= 0.6 is 11.6 Å². The molecule has 2 rings (SSSR count). The van der Waals surface area contributed by atoms with Crippen LogP contribution in [0.4, 0.5) is 0 Å². The minimum atomic E-state index is -1.42. The molecule has 0 aliphatic carbocycles. The lowest BCUT2D eigenvalue weighted by Gasteiger charge is -2.16. The predicted octanol–water partition coefficient (Wildman–Crippen LogP) is -2.12. The third kappa shape index (κ3) is 2.21. The minimum absolute atomic E-state index is 0.161. The van der Waals surface area contributed by atoms with E-state index in [0.717, 1.165) is 4.57 Å². The number of aromatic nitrogens is 2. The maximum Gasteiger partial charge on any atom is 0.329 e. The summed E-state index contributed by atoms with van der Waals surface area (Å²) in [6.07, 6.45) is -5.00. The highest BCUT2D eigenvalue weighted by molar-refractivity contribution is 6.30. The Bertz CT molecular complexity index is 597. The molecule has 2 heterocycles. The van der Waals surface area contributed by atoms with Crippen LogP contribution < -0.4 is 11.2 Å². The average molecular weight is 293 g/mol. The maximum absolute atomic E-state index is 11.8. The number of aliphatic hydroxyl groups excluding tert-OH is 3. The molecule has 1 aromatic heterocycles. The Kier molecular flexibility index (Phi) is 3.79. The van der Waals surface area contributed by atoms with Crippen molar-refractivity contribution < 1.29 is 20.1 Å². The molecule has 1 aliphatic rings. The smallest absolute Gasteiger partial charge is 0.329 e. The van der Waals surface area contributed by atoms with Crippen molar-refractivity contribution in [2.45, 2.75) is 24.4 Å². The van der Waals surface area contributed by atoms with Gasteiger partial charge in [0.25, 0.3) is 5.56 Å². The van der Waals surface area contributed by atoms with Crippen molar-refractivity contribution >= 4 is 11.6 Å². The second-order valence-corrected chi connectivity index (χ2v) is 4.64. The zero-order chi connectivity index (χ0) is 14.3. The molecule has 1 saturated heterocycles. The van der Waals surface area contributed by atoms with Gasteiger partial charge in [0.2, 0.25) is 0 Å². The number of rotatable bonds is 2. The Balaban J connectivity index is 2.52. The van der Waals surface area contributed by atoms with E-state index in [2.05, 4.69) is 0 Å². The summed E-state index contributed by atoms with van der Waals surface area (Å²) in [5.74, 6) is 0. The number of hydrogen-bond donors (Lipinski definition) is 4. The number of H-pyrrole nitrogens is 1. The molecule has 0 aromatic carbocycles. The van der Waals surface area contributed by atoms with Crippen LogP contribution in [0.2, 0.25) is 5.15 Å². The first-order valence-electron chi connectivity index (χ1n) is 5.49. The number of aromatic amines is 1. The van der Waals surface area contributed by atoms with E-state index in [9.17, 15) is 19.8 Å². The van der Waals surface area contributed by atoms with Gasteiger partial charge in [0, 0.05) is 7.05 Å². The summed E-state index contributed by atoms with van der Waals surface area (Å²) in [7, 11) is 1.34. The summed E-state index contributed by atoms with van der Waals surface area (Å²) < 4.78 is 6.19. The number of aliphatic hydroxyl groups is 3. The van der Waals surface area contributed by atoms with Crippen LogP contribution in [0, 0.1) is 0 Å². The molecule has 0 bridgehead atoms. The summed E-state index contributed by atoms with van der Waals surface area (Å²) in [6, 6.07) is 0. The molecule has 1 aromatic rings. The maximum atomic E-state index is 11.8. The molecule has 0 saturated carbocycles. The van der Waals surface area contributed by atoms with Gasteiger partial charge in [0.15, 0.2) is 0 Å². The Hall–Kier alpha value is -1.19. The normalized spacial score (nSPS) is 30.8. The van der Waals surface area contributed by atoms with Crippen LogP contribution in [0.5, 0.6) is 0 Å². The van der Waals surface area contributed by atoms with Crippen LogP contribution in [0.25, 0.3) is 0 Å². The minimum Gasteiger partial charge on any atom is -0.394 e. The molecule has 1 fully saturated rings. The van der Waals surface area contributed by atoms with E-state index in [1.54, 1.807) is 0 Å². The fourth-order valence-corrected chi connectivity index (χ4v) is 2.27. The molecule has 4 atom stereocenters. The Morgan fingerprint density at radius 1 is 1.37 bits per heavy atom. The van der Waals surface area contributed by atoms with Gasteiger partial charge in [-0.3, -0.25) is 14.3 Å². The Labute approximate surface area is 111 Å². The van der Waals surface area contributed by atoms with E-state index < -0.39 is 42.3 Å². The standard InChI is InChI=1S/C10H13ClN2O6/c1-13-8(11)4(9(17)12-10(13)18)7-6(16)5(15)3(2-14)19-7/h3,5-7,14-16H,2H2,1H3,(H,12,17,18)/t3-,5?,6+,7+/m1/s1. The number of nitrogens with zero attached hydrogens (tertiary/aromatic N) is 1. The molecule has 0 radical (unpaired) electrons. The van der Waals surface area contributed by atoms with Crippen LogP contribution in [0.3, 0.4) is 0 Å². The molecule has 4 N–H and O–H groups in total. The second kappa shape index (κ2) is 5.06. The topological polar surface area (TPSA) is 125 Å². The first-order valence-corrected chi connectivity index (χ1v) is 5.87. The first kappa shape index (κ1) is 14.2. The van der Waals surface area contributed by atoms with Gasteiger partial charge < -0.3 is 20.1 Å². The second-order valence-electron chi connectivity index (χ2n) is 4.28. The number of hydrogen-bond acceptors (Lipinski definition) is 6. The average Bonchev–Trinajstić information content (AvgIpc) is 2.64. The molecule has 1 unspecified atom stereocenters. The van der Waals surface area contributed by atoms with Crippen molar-refractivity contribution in [3.63, 3.8) is 0 Å².